The van der Waals surface area contributed by atoms with Gasteiger partial charge in [0.1, 0.15) is 5.75 Å². The van der Waals surface area contributed by atoms with Crippen molar-refractivity contribution in [2.24, 2.45) is 5.92 Å². The van der Waals surface area contributed by atoms with Crippen LogP contribution < -0.4 is 10.1 Å². The number of aliphatic hydroxyl groups is 1. The monoisotopic (exact) mass is 555 g/mol. The Balaban J connectivity index is 1.39. The number of hydrogen-bond donors (Lipinski definition) is 2. The highest BCUT2D eigenvalue weighted by Crippen LogP contribution is 2.44. The van der Waals surface area contributed by atoms with E-state index in [0.717, 1.165) is 27.3 Å². The van der Waals surface area contributed by atoms with E-state index < -0.39 is 6.29 Å². The molecule has 5 rings (SSSR count). The molecule has 6 nitrogen and oxygen atoms in total. The van der Waals surface area contributed by atoms with Crippen molar-refractivity contribution in [2.45, 2.75) is 36.9 Å². The van der Waals surface area contributed by atoms with Crippen molar-refractivity contribution in [1.29, 1.82) is 0 Å². The number of amides is 1. The first kappa shape index (κ1) is 27.9. The first-order valence-corrected chi connectivity index (χ1v) is 14.3. The Kier molecular flexibility index (Phi) is 9.19. The lowest BCUT2D eigenvalue weighted by Gasteiger charge is -2.41. The van der Waals surface area contributed by atoms with Gasteiger partial charge in [0.05, 0.1) is 25.9 Å². The molecule has 7 heteroatoms. The summed E-state index contributed by atoms with van der Waals surface area (Å²) in [4.78, 5) is 13.8. The molecule has 1 aliphatic heterocycles. The zero-order chi connectivity index (χ0) is 27.9. The summed E-state index contributed by atoms with van der Waals surface area (Å²) in [6.07, 6.45) is -0.980. The molecule has 0 aliphatic carbocycles. The second-order valence-electron chi connectivity index (χ2n) is 9.73. The van der Waals surface area contributed by atoms with Gasteiger partial charge in [0.15, 0.2) is 6.29 Å². The molecule has 1 saturated heterocycles. The maximum atomic E-state index is 12.8. The fraction of sp³-hybridized carbons (Fsp3) is 0.242. The van der Waals surface area contributed by atoms with Crippen LogP contribution in [0.4, 0.5) is 5.69 Å². The average molecular weight is 556 g/mol. The number of nitrogens with one attached hydrogen (secondary N) is 1. The smallest absolute Gasteiger partial charge is 0.255 e. The topological polar surface area (TPSA) is 77.0 Å². The van der Waals surface area contributed by atoms with Crippen LogP contribution in [0.25, 0.3) is 0 Å². The molecule has 0 aromatic heterocycles. The summed E-state index contributed by atoms with van der Waals surface area (Å²) >= 11 is 1.70. The molecule has 0 saturated carbocycles. The maximum Gasteiger partial charge on any atom is 0.255 e. The number of anilines is 1. The number of methoxy groups -OCH3 is 1. The number of aliphatic hydroxyl groups excluding tert-OH is 1. The van der Waals surface area contributed by atoms with E-state index in [0.29, 0.717) is 17.0 Å². The molecule has 4 aromatic rings. The van der Waals surface area contributed by atoms with E-state index in [1.807, 2.05) is 84.9 Å². The Morgan fingerprint density at radius 3 is 2.40 bits per heavy atom. The molecule has 40 heavy (non-hydrogen) atoms. The first-order valence-electron chi connectivity index (χ1n) is 13.3. The molecule has 1 fully saturated rings. The van der Waals surface area contributed by atoms with Crippen LogP contribution >= 0.6 is 11.8 Å². The molecule has 0 unspecified atom stereocenters. The summed E-state index contributed by atoms with van der Waals surface area (Å²) in [5, 5.41) is 12.5. The SMILES string of the molecule is COc1ccccc1SC[C@H]1O[C@@H](c2cccc(NC(=O)c3ccccc3)c2)O[C@@H](c2ccc(CO)cc2)[C@H]1C. The Morgan fingerprint density at radius 2 is 1.65 bits per heavy atom. The quantitative estimate of drug-likeness (QED) is 0.216. The number of para-hydroxylation sites is 1. The Morgan fingerprint density at radius 1 is 0.900 bits per heavy atom. The largest absolute Gasteiger partial charge is 0.496 e. The van der Waals surface area contributed by atoms with Crippen molar-refractivity contribution in [3.05, 3.63) is 125 Å². The number of hydrogen-bond acceptors (Lipinski definition) is 6. The van der Waals surface area contributed by atoms with Gasteiger partial charge < -0.3 is 24.6 Å². The third-order valence-corrected chi connectivity index (χ3v) is 8.19. The molecule has 2 N–H and O–H groups in total. The summed E-state index contributed by atoms with van der Waals surface area (Å²) < 4.78 is 18.7. The lowest BCUT2D eigenvalue weighted by molar-refractivity contribution is -0.268. The van der Waals surface area contributed by atoms with Crippen LogP contribution in [0.3, 0.4) is 0 Å². The van der Waals surface area contributed by atoms with E-state index in [-0.39, 0.29) is 30.6 Å². The van der Waals surface area contributed by atoms with Gasteiger partial charge in [0.25, 0.3) is 5.91 Å². The highest BCUT2D eigenvalue weighted by atomic mass is 32.2. The van der Waals surface area contributed by atoms with Gasteiger partial charge in [-0.3, -0.25) is 4.79 Å². The van der Waals surface area contributed by atoms with E-state index in [2.05, 4.69) is 18.3 Å². The summed E-state index contributed by atoms with van der Waals surface area (Å²) in [5.41, 5.74) is 3.96. The van der Waals surface area contributed by atoms with Crippen LogP contribution in [0, 0.1) is 5.92 Å². The zero-order valence-corrected chi connectivity index (χ0v) is 23.3. The Labute approximate surface area is 239 Å². The van der Waals surface area contributed by atoms with Gasteiger partial charge in [-0.25, -0.2) is 0 Å². The van der Waals surface area contributed by atoms with Crippen molar-refractivity contribution >= 4 is 23.4 Å². The van der Waals surface area contributed by atoms with Crippen LogP contribution in [0.15, 0.2) is 108 Å². The number of rotatable bonds is 9. The van der Waals surface area contributed by atoms with Gasteiger partial charge in [0.2, 0.25) is 0 Å². The molecule has 1 amide bonds. The fourth-order valence-electron chi connectivity index (χ4n) is 4.78. The van der Waals surface area contributed by atoms with Crippen molar-refractivity contribution in [1.82, 2.24) is 0 Å². The Hall–Kier alpha value is -3.62. The van der Waals surface area contributed by atoms with Gasteiger partial charge in [-0.05, 0) is 47.5 Å². The standard InChI is InChI=1S/C33H33NO5S/c1-22-29(21-40-30-14-7-6-13-28(30)37-2)38-33(39-31(22)24-17-15-23(20-35)16-18-24)26-11-8-12-27(19-26)34-32(36)25-9-4-3-5-10-25/h3-19,22,29,31,33,35H,20-21H2,1-2H3,(H,34,36)/t22-,29+,31+,33+/m0/s1. The van der Waals surface area contributed by atoms with Gasteiger partial charge in [-0.1, -0.05) is 73.7 Å². The fourth-order valence-corrected chi connectivity index (χ4v) is 5.97. The molecule has 0 radical (unpaired) electrons. The molecular formula is C33H33NO5S. The van der Waals surface area contributed by atoms with Crippen molar-refractivity contribution < 1.29 is 24.1 Å². The zero-order valence-electron chi connectivity index (χ0n) is 22.5. The van der Waals surface area contributed by atoms with Crippen LogP contribution in [0.5, 0.6) is 5.75 Å². The van der Waals surface area contributed by atoms with E-state index in [1.54, 1.807) is 31.0 Å². The molecule has 1 aliphatic rings. The van der Waals surface area contributed by atoms with Crippen molar-refractivity contribution in [3.8, 4) is 5.75 Å². The summed E-state index contributed by atoms with van der Waals surface area (Å²) in [7, 11) is 1.68. The summed E-state index contributed by atoms with van der Waals surface area (Å²) in [5.74, 6) is 1.42. The summed E-state index contributed by atoms with van der Waals surface area (Å²) in [6.45, 7) is 2.14. The maximum absolute atomic E-state index is 12.8. The predicted octanol–water partition coefficient (Wildman–Crippen LogP) is 7.02. The van der Waals surface area contributed by atoms with Crippen LogP contribution in [0.2, 0.25) is 0 Å². The molecular weight excluding hydrogens is 522 g/mol. The van der Waals surface area contributed by atoms with E-state index in [1.165, 1.54) is 0 Å². The molecule has 0 bridgehead atoms. The average Bonchev–Trinajstić information content (AvgIpc) is 3.01. The number of thioether (sulfide) groups is 1. The molecule has 4 atom stereocenters. The normalized spacial score (nSPS) is 20.6. The summed E-state index contributed by atoms with van der Waals surface area (Å²) in [6, 6.07) is 32.6. The lowest BCUT2D eigenvalue weighted by atomic mass is 9.91. The lowest BCUT2D eigenvalue weighted by Crippen LogP contribution is -2.38. The van der Waals surface area contributed by atoms with Gasteiger partial charge in [-0.2, -0.15) is 0 Å². The molecule has 206 valence electrons. The van der Waals surface area contributed by atoms with Crippen LogP contribution in [0.1, 0.15) is 46.4 Å². The third kappa shape index (κ3) is 6.57. The minimum atomic E-state index is -0.629. The minimum absolute atomic E-state index is 0.00718. The highest BCUT2D eigenvalue weighted by Gasteiger charge is 2.38. The Bertz CT molecular complexity index is 1410. The predicted molar refractivity (Wildman–Crippen MR) is 158 cm³/mol. The highest BCUT2D eigenvalue weighted by molar-refractivity contribution is 7.99. The van der Waals surface area contributed by atoms with E-state index >= 15 is 0 Å². The van der Waals surface area contributed by atoms with Gasteiger partial charge >= 0.3 is 0 Å². The second-order valence-corrected chi connectivity index (χ2v) is 10.8. The number of ether oxygens (including phenoxy) is 3. The van der Waals surface area contributed by atoms with Crippen LogP contribution in [-0.2, 0) is 16.1 Å². The number of carbonyl (C=O) groups is 1. The van der Waals surface area contributed by atoms with Gasteiger partial charge in [0, 0.05) is 33.4 Å². The number of carbonyl (C=O) groups excluding carboxylic acids is 1. The first-order chi connectivity index (χ1) is 19.6. The van der Waals surface area contributed by atoms with Crippen molar-refractivity contribution in [3.63, 3.8) is 0 Å². The van der Waals surface area contributed by atoms with Gasteiger partial charge in [-0.15, -0.1) is 11.8 Å². The number of benzene rings is 4. The minimum Gasteiger partial charge on any atom is -0.496 e. The molecule has 4 aromatic carbocycles. The third-order valence-electron chi connectivity index (χ3n) is 7.05. The van der Waals surface area contributed by atoms with E-state index in [9.17, 15) is 9.90 Å². The van der Waals surface area contributed by atoms with Crippen molar-refractivity contribution in [2.75, 3.05) is 18.2 Å². The second kappa shape index (κ2) is 13.2. The van der Waals surface area contributed by atoms with Crippen LogP contribution in [-0.4, -0.2) is 30.0 Å². The van der Waals surface area contributed by atoms with E-state index in [4.69, 9.17) is 14.2 Å². The molecule has 1 heterocycles. The molecule has 0 spiro atoms.